The van der Waals surface area contributed by atoms with Crippen LogP contribution in [0.4, 0.5) is 0 Å². The molecule has 1 aromatic rings. The maximum Gasteiger partial charge on any atom is 0.312 e. The second-order valence-corrected chi connectivity index (χ2v) is 3.20. The quantitative estimate of drug-likeness (QED) is 0.538. The molecule has 13 heavy (non-hydrogen) atoms. The van der Waals surface area contributed by atoms with E-state index in [0.717, 1.165) is 0 Å². The number of hydrogen-bond donors (Lipinski definition) is 0. The molecule has 0 N–H and O–H groups in total. The summed E-state index contributed by atoms with van der Waals surface area (Å²) in [4.78, 5) is 15.0. The van der Waals surface area contributed by atoms with Gasteiger partial charge in [0.05, 0.1) is 13.0 Å². The molecule has 0 atom stereocenters. The van der Waals surface area contributed by atoms with Crippen molar-refractivity contribution in [3.8, 4) is 12.3 Å². The van der Waals surface area contributed by atoms with E-state index in [9.17, 15) is 4.79 Å². The molecule has 0 fully saturated rings. The SMILES string of the molecule is C#Cc1csc(CC(=O)OCC)n1. The monoisotopic (exact) mass is 195 g/mol. The summed E-state index contributed by atoms with van der Waals surface area (Å²) >= 11 is 1.37. The molecule has 0 saturated carbocycles. The van der Waals surface area contributed by atoms with Crippen LogP contribution < -0.4 is 0 Å². The highest BCUT2D eigenvalue weighted by Crippen LogP contribution is 2.09. The van der Waals surface area contributed by atoms with Crippen LogP contribution in [0.3, 0.4) is 0 Å². The Balaban J connectivity index is 2.55. The van der Waals surface area contributed by atoms with Crippen LogP contribution in [0, 0.1) is 12.3 Å². The number of carbonyl (C=O) groups is 1. The number of hydrogen-bond acceptors (Lipinski definition) is 4. The van der Waals surface area contributed by atoms with E-state index in [1.807, 2.05) is 0 Å². The third-order valence-corrected chi connectivity index (χ3v) is 2.15. The first-order chi connectivity index (χ1) is 6.26. The zero-order valence-electron chi connectivity index (χ0n) is 7.24. The predicted molar refractivity (Wildman–Crippen MR) is 50.4 cm³/mol. The highest BCUT2D eigenvalue weighted by atomic mass is 32.1. The van der Waals surface area contributed by atoms with Crippen molar-refractivity contribution < 1.29 is 9.53 Å². The number of carbonyl (C=O) groups excluding carboxylic acids is 1. The molecule has 0 radical (unpaired) electrons. The van der Waals surface area contributed by atoms with E-state index >= 15 is 0 Å². The van der Waals surface area contributed by atoms with Crippen LogP contribution in [0.5, 0.6) is 0 Å². The molecule has 0 bridgehead atoms. The van der Waals surface area contributed by atoms with Crippen molar-refractivity contribution in [3.05, 3.63) is 16.1 Å². The van der Waals surface area contributed by atoms with Gasteiger partial charge in [-0.3, -0.25) is 4.79 Å². The van der Waals surface area contributed by atoms with Gasteiger partial charge in [-0.05, 0) is 12.8 Å². The van der Waals surface area contributed by atoms with Gasteiger partial charge in [-0.15, -0.1) is 17.8 Å². The van der Waals surface area contributed by atoms with Crippen molar-refractivity contribution in [2.75, 3.05) is 6.61 Å². The van der Waals surface area contributed by atoms with E-state index in [1.165, 1.54) is 11.3 Å². The van der Waals surface area contributed by atoms with Crippen LogP contribution in [0.1, 0.15) is 17.6 Å². The molecular formula is C9H9NO2S. The molecule has 0 amide bonds. The molecule has 0 saturated heterocycles. The summed E-state index contributed by atoms with van der Waals surface area (Å²) in [5, 5.41) is 2.44. The van der Waals surface area contributed by atoms with Crippen molar-refractivity contribution in [1.29, 1.82) is 0 Å². The van der Waals surface area contributed by atoms with E-state index in [0.29, 0.717) is 17.3 Å². The Hall–Kier alpha value is -1.34. The minimum Gasteiger partial charge on any atom is -0.466 e. The van der Waals surface area contributed by atoms with Gasteiger partial charge in [0.15, 0.2) is 0 Å². The second kappa shape index (κ2) is 4.63. The molecule has 0 aliphatic carbocycles. The second-order valence-electron chi connectivity index (χ2n) is 2.25. The van der Waals surface area contributed by atoms with Gasteiger partial charge in [0, 0.05) is 5.38 Å². The minimum atomic E-state index is -0.263. The van der Waals surface area contributed by atoms with E-state index < -0.39 is 0 Å². The van der Waals surface area contributed by atoms with Gasteiger partial charge in [0.25, 0.3) is 0 Å². The van der Waals surface area contributed by atoms with Crippen LogP contribution >= 0.6 is 11.3 Å². The Morgan fingerprint density at radius 2 is 2.62 bits per heavy atom. The molecule has 0 aliphatic heterocycles. The number of aromatic nitrogens is 1. The summed E-state index contributed by atoms with van der Waals surface area (Å²) in [5.41, 5.74) is 0.573. The predicted octanol–water partition coefficient (Wildman–Crippen LogP) is 1.23. The van der Waals surface area contributed by atoms with Crippen molar-refractivity contribution in [1.82, 2.24) is 4.98 Å². The van der Waals surface area contributed by atoms with Crippen LogP contribution in [0.25, 0.3) is 0 Å². The molecular weight excluding hydrogens is 186 g/mol. The van der Waals surface area contributed by atoms with Crippen LogP contribution in [-0.2, 0) is 16.0 Å². The minimum absolute atomic E-state index is 0.209. The van der Waals surface area contributed by atoms with Gasteiger partial charge >= 0.3 is 5.97 Å². The highest BCUT2D eigenvalue weighted by Gasteiger charge is 2.07. The number of ether oxygens (including phenoxy) is 1. The van der Waals surface area contributed by atoms with Gasteiger partial charge in [0.2, 0.25) is 0 Å². The zero-order valence-corrected chi connectivity index (χ0v) is 8.06. The van der Waals surface area contributed by atoms with Gasteiger partial charge in [-0.1, -0.05) is 0 Å². The van der Waals surface area contributed by atoms with Crippen molar-refractivity contribution >= 4 is 17.3 Å². The third-order valence-electron chi connectivity index (χ3n) is 1.30. The first-order valence-electron chi connectivity index (χ1n) is 3.83. The number of thiazole rings is 1. The van der Waals surface area contributed by atoms with E-state index in [1.54, 1.807) is 12.3 Å². The lowest BCUT2D eigenvalue weighted by Gasteiger charge is -1.97. The lowest BCUT2D eigenvalue weighted by molar-refractivity contribution is -0.142. The van der Waals surface area contributed by atoms with E-state index in [2.05, 4.69) is 10.9 Å². The number of esters is 1. The normalized spacial score (nSPS) is 9.23. The Bertz CT molecular complexity index is 338. The van der Waals surface area contributed by atoms with Crippen molar-refractivity contribution in [3.63, 3.8) is 0 Å². The zero-order chi connectivity index (χ0) is 9.68. The summed E-state index contributed by atoms with van der Waals surface area (Å²) in [5.74, 6) is 2.14. The first-order valence-corrected chi connectivity index (χ1v) is 4.71. The van der Waals surface area contributed by atoms with E-state index in [4.69, 9.17) is 11.2 Å². The summed E-state index contributed by atoms with van der Waals surface area (Å²) < 4.78 is 4.76. The molecule has 4 heteroatoms. The van der Waals surface area contributed by atoms with Gasteiger partial charge in [0.1, 0.15) is 10.7 Å². The largest absolute Gasteiger partial charge is 0.466 e. The van der Waals surface area contributed by atoms with Crippen LogP contribution in [0.2, 0.25) is 0 Å². The molecule has 1 aromatic heterocycles. The first kappa shape index (κ1) is 9.75. The molecule has 3 nitrogen and oxygen atoms in total. The maximum atomic E-state index is 11.0. The maximum absolute atomic E-state index is 11.0. The highest BCUT2D eigenvalue weighted by molar-refractivity contribution is 7.09. The molecule has 0 unspecified atom stereocenters. The lowest BCUT2D eigenvalue weighted by atomic mass is 10.4. The van der Waals surface area contributed by atoms with Gasteiger partial charge < -0.3 is 4.74 Å². The fourth-order valence-electron chi connectivity index (χ4n) is 0.794. The van der Waals surface area contributed by atoms with Gasteiger partial charge in [-0.25, -0.2) is 4.98 Å². The molecule has 1 heterocycles. The summed E-state index contributed by atoms with van der Waals surface area (Å²) in [6, 6.07) is 0. The Labute approximate surface area is 80.8 Å². The number of rotatable bonds is 3. The van der Waals surface area contributed by atoms with E-state index in [-0.39, 0.29) is 12.4 Å². The molecule has 68 valence electrons. The Kier molecular flexibility index (Phi) is 3.47. The lowest BCUT2D eigenvalue weighted by Crippen LogP contribution is -2.07. The average molecular weight is 195 g/mol. The fourth-order valence-corrected chi connectivity index (χ4v) is 1.51. The smallest absolute Gasteiger partial charge is 0.312 e. The van der Waals surface area contributed by atoms with Crippen LogP contribution in [0.15, 0.2) is 5.38 Å². The topological polar surface area (TPSA) is 39.2 Å². The molecule has 0 aliphatic rings. The molecule has 0 aromatic carbocycles. The average Bonchev–Trinajstić information content (AvgIpc) is 2.52. The van der Waals surface area contributed by atoms with Crippen LogP contribution in [-0.4, -0.2) is 17.6 Å². The fraction of sp³-hybridized carbons (Fsp3) is 0.333. The number of nitrogens with zero attached hydrogens (tertiary/aromatic N) is 1. The molecule has 0 spiro atoms. The summed E-state index contributed by atoms with van der Waals surface area (Å²) in [6.07, 6.45) is 5.34. The third kappa shape index (κ3) is 2.88. The number of terminal acetylenes is 1. The standard InChI is InChI=1S/C9H9NO2S/c1-3-7-6-13-8(10-7)5-9(11)12-4-2/h1,6H,4-5H2,2H3. The van der Waals surface area contributed by atoms with Crippen molar-refractivity contribution in [2.24, 2.45) is 0 Å². The summed E-state index contributed by atoms with van der Waals surface area (Å²) in [7, 11) is 0. The Morgan fingerprint density at radius 3 is 3.15 bits per heavy atom. The van der Waals surface area contributed by atoms with Crippen molar-refractivity contribution in [2.45, 2.75) is 13.3 Å². The Morgan fingerprint density at radius 1 is 1.85 bits per heavy atom. The van der Waals surface area contributed by atoms with Gasteiger partial charge in [-0.2, -0.15) is 0 Å². The molecule has 1 rings (SSSR count). The summed E-state index contributed by atoms with van der Waals surface area (Å²) in [6.45, 7) is 2.17.